The standard InChI is InChI=1S/C20H22N4O3S/c1-3-27-19-10-5-4-9-17(19)18-12-20(23-14-22-18)24-16-8-6-7-15(11-16)13-28(25,26)21-2/h4-12,14,21H,3,13H2,1-2H3,(H,22,23,24). The zero-order valence-electron chi connectivity index (χ0n) is 15.7. The Labute approximate surface area is 164 Å². The highest BCUT2D eigenvalue weighted by atomic mass is 32.2. The molecule has 0 radical (unpaired) electrons. The van der Waals surface area contributed by atoms with Crippen LogP contribution in [-0.4, -0.2) is 32.0 Å². The average Bonchev–Trinajstić information content (AvgIpc) is 2.69. The molecule has 0 aliphatic rings. The lowest BCUT2D eigenvalue weighted by Gasteiger charge is -2.11. The fraction of sp³-hybridized carbons (Fsp3) is 0.200. The summed E-state index contributed by atoms with van der Waals surface area (Å²) < 4.78 is 31.5. The fourth-order valence-corrected chi connectivity index (χ4v) is 3.47. The van der Waals surface area contributed by atoms with Crippen molar-refractivity contribution in [2.75, 3.05) is 19.0 Å². The van der Waals surface area contributed by atoms with Gasteiger partial charge < -0.3 is 10.1 Å². The van der Waals surface area contributed by atoms with E-state index in [1.807, 2.05) is 43.3 Å². The van der Waals surface area contributed by atoms with Crippen LogP contribution in [0.4, 0.5) is 11.5 Å². The van der Waals surface area contributed by atoms with Gasteiger partial charge in [-0.2, -0.15) is 0 Å². The molecule has 0 fully saturated rings. The average molecular weight is 398 g/mol. The number of hydrogen-bond donors (Lipinski definition) is 2. The highest BCUT2D eigenvalue weighted by Gasteiger charge is 2.10. The zero-order valence-corrected chi connectivity index (χ0v) is 16.5. The lowest BCUT2D eigenvalue weighted by Crippen LogP contribution is -2.20. The van der Waals surface area contributed by atoms with E-state index in [2.05, 4.69) is 20.0 Å². The van der Waals surface area contributed by atoms with Crippen molar-refractivity contribution in [1.82, 2.24) is 14.7 Å². The van der Waals surface area contributed by atoms with E-state index in [1.165, 1.54) is 13.4 Å². The topological polar surface area (TPSA) is 93.2 Å². The summed E-state index contributed by atoms with van der Waals surface area (Å²) in [6, 6.07) is 16.7. The van der Waals surface area contributed by atoms with Crippen molar-refractivity contribution in [3.8, 4) is 17.0 Å². The number of ether oxygens (including phenoxy) is 1. The number of nitrogens with one attached hydrogen (secondary N) is 2. The third-order valence-corrected chi connectivity index (χ3v) is 5.33. The Hall–Kier alpha value is -2.97. The van der Waals surface area contributed by atoms with Crippen LogP contribution in [0, 0.1) is 0 Å². The molecule has 0 bridgehead atoms. The SMILES string of the molecule is CCOc1ccccc1-c1cc(Nc2cccc(CS(=O)(=O)NC)c2)ncn1. The number of nitrogens with zero attached hydrogens (tertiary/aromatic N) is 2. The second-order valence-corrected chi connectivity index (χ2v) is 7.93. The Bertz CT molecular complexity index is 1050. The summed E-state index contributed by atoms with van der Waals surface area (Å²) in [6.07, 6.45) is 1.48. The van der Waals surface area contributed by atoms with Crippen LogP contribution in [-0.2, 0) is 15.8 Å². The smallest absolute Gasteiger partial charge is 0.215 e. The lowest BCUT2D eigenvalue weighted by atomic mass is 10.1. The van der Waals surface area contributed by atoms with Gasteiger partial charge in [-0.05, 0) is 43.8 Å². The summed E-state index contributed by atoms with van der Waals surface area (Å²) in [4.78, 5) is 8.62. The third kappa shape index (κ3) is 5.05. The highest BCUT2D eigenvalue weighted by molar-refractivity contribution is 7.88. The maximum Gasteiger partial charge on any atom is 0.215 e. The second kappa shape index (κ2) is 8.81. The summed E-state index contributed by atoms with van der Waals surface area (Å²) in [5.74, 6) is 1.27. The molecule has 0 amide bonds. The first kappa shape index (κ1) is 19.8. The highest BCUT2D eigenvalue weighted by Crippen LogP contribution is 2.29. The van der Waals surface area contributed by atoms with Crippen molar-refractivity contribution >= 4 is 21.5 Å². The number of aromatic nitrogens is 2. The summed E-state index contributed by atoms with van der Waals surface area (Å²) in [5.41, 5.74) is 3.03. The van der Waals surface area contributed by atoms with Crippen LogP contribution in [0.25, 0.3) is 11.3 Å². The number of sulfonamides is 1. The minimum Gasteiger partial charge on any atom is -0.493 e. The van der Waals surface area contributed by atoms with E-state index in [0.717, 1.165) is 22.7 Å². The second-order valence-electron chi connectivity index (χ2n) is 6.01. The molecule has 0 aliphatic carbocycles. The molecule has 0 aliphatic heterocycles. The van der Waals surface area contributed by atoms with Crippen molar-refractivity contribution in [2.45, 2.75) is 12.7 Å². The number of benzene rings is 2. The quantitative estimate of drug-likeness (QED) is 0.605. The van der Waals surface area contributed by atoms with Crippen molar-refractivity contribution in [3.05, 3.63) is 66.5 Å². The van der Waals surface area contributed by atoms with E-state index in [9.17, 15) is 8.42 Å². The van der Waals surface area contributed by atoms with Gasteiger partial charge in [0.05, 0.1) is 18.1 Å². The van der Waals surface area contributed by atoms with Gasteiger partial charge in [0.1, 0.15) is 17.9 Å². The van der Waals surface area contributed by atoms with Gasteiger partial charge in [0.25, 0.3) is 0 Å². The molecule has 7 nitrogen and oxygen atoms in total. The van der Waals surface area contributed by atoms with Crippen LogP contribution in [0.5, 0.6) is 5.75 Å². The Kier molecular flexibility index (Phi) is 6.23. The first-order valence-electron chi connectivity index (χ1n) is 8.82. The first-order chi connectivity index (χ1) is 13.5. The van der Waals surface area contributed by atoms with Crippen LogP contribution in [0.15, 0.2) is 60.9 Å². The normalized spacial score (nSPS) is 11.2. The van der Waals surface area contributed by atoms with Crippen molar-refractivity contribution < 1.29 is 13.2 Å². The van der Waals surface area contributed by atoms with Crippen molar-refractivity contribution in [1.29, 1.82) is 0 Å². The van der Waals surface area contributed by atoms with Gasteiger partial charge in [-0.1, -0.05) is 24.3 Å². The summed E-state index contributed by atoms with van der Waals surface area (Å²) in [5, 5.41) is 3.20. The molecule has 0 unspecified atom stereocenters. The Morgan fingerprint density at radius 2 is 1.86 bits per heavy atom. The summed E-state index contributed by atoms with van der Waals surface area (Å²) in [7, 11) is -1.93. The van der Waals surface area contributed by atoms with Gasteiger partial charge in [-0.25, -0.2) is 23.1 Å². The van der Waals surface area contributed by atoms with Gasteiger partial charge in [0.15, 0.2) is 0 Å². The summed E-state index contributed by atoms with van der Waals surface area (Å²) >= 11 is 0. The van der Waals surface area contributed by atoms with Gasteiger partial charge in [-0.15, -0.1) is 0 Å². The molecule has 0 saturated heterocycles. The molecule has 0 spiro atoms. The predicted octanol–water partition coefficient (Wildman–Crippen LogP) is 3.34. The lowest BCUT2D eigenvalue weighted by molar-refractivity contribution is 0.341. The molecule has 3 aromatic rings. The molecule has 0 atom stereocenters. The third-order valence-electron chi connectivity index (χ3n) is 4.00. The molecule has 28 heavy (non-hydrogen) atoms. The molecular formula is C20H22N4O3S. The van der Waals surface area contributed by atoms with Crippen molar-refractivity contribution in [3.63, 3.8) is 0 Å². The Morgan fingerprint density at radius 1 is 1.04 bits per heavy atom. The number of anilines is 2. The van der Waals surface area contributed by atoms with Crippen LogP contribution < -0.4 is 14.8 Å². The predicted molar refractivity (Wildman–Crippen MR) is 110 cm³/mol. The summed E-state index contributed by atoms with van der Waals surface area (Å²) in [6.45, 7) is 2.50. The number of hydrogen-bond acceptors (Lipinski definition) is 6. The molecule has 1 aromatic heterocycles. The number of rotatable bonds is 8. The minimum absolute atomic E-state index is 0.0875. The molecule has 2 aromatic carbocycles. The molecule has 0 saturated carbocycles. The van der Waals surface area contributed by atoms with Crippen molar-refractivity contribution in [2.24, 2.45) is 0 Å². The molecule has 1 heterocycles. The minimum atomic E-state index is -3.33. The van der Waals surface area contributed by atoms with E-state index in [0.29, 0.717) is 18.0 Å². The van der Waals surface area contributed by atoms with Crippen LogP contribution in [0.3, 0.4) is 0 Å². The molecule has 8 heteroatoms. The molecule has 146 valence electrons. The molecule has 3 rings (SSSR count). The van der Waals surface area contributed by atoms with E-state index in [4.69, 9.17) is 4.74 Å². The van der Waals surface area contributed by atoms with Gasteiger partial charge in [0, 0.05) is 17.3 Å². The van der Waals surface area contributed by atoms with Crippen LogP contribution in [0.1, 0.15) is 12.5 Å². The van der Waals surface area contributed by atoms with E-state index in [1.54, 1.807) is 18.2 Å². The maximum absolute atomic E-state index is 11.8. The first-order valence-corrected chi connectivity index (χ1v) is 10.5. The molecule has 2 N–H and O–H groups in total. The van der Waals surface area contributed by atoms with E-state index >= 15 is 0 Å². The van der Waals surface area contributed by atoms with Gasteiger partial charge in [-0.3, -0.25) is 0 Å². The van der Waals surface area contributed by atoms with E-state index < -0.39 is 10.0 Å². The monoisotopic (exact) mass is 398 g/mol. The largest absolute Gasteiger partial charge is 0.493 e. The zero-order chi connectivity index (χ0) is 20.0. The Morgan fingerprint density at radius 3 is 2.64 bits per heavy atom. The van der Waals surface area contributed by atoms with Crippen LogP contribution >= 0.6 is 0 Å². The fourth-order valence-electron chi connectivity index (χ4n) is 2.71. The van der Waals surface area contributed by atoms with Gasteiger partial charge >= 0.3 is 0 Å². The van der Waals surface area contributed by atoms with Gasteiger partial charge in [0.2, 0.25) is 10.0 Å². The van der Waals surface area contributed by atoms with Crippen LogP contribution in [0.2, 0.25) is 0 Å². The molecular weight excluding hydrogens is 376 g/mol. The maximum atomic E-state index is 11.8. The Balaban J connectivity index is 1.84. The number of para-hydroxylation sites is 1. The van der Waals surface area contributed by atoms with E-state index in [-0.39, 0.29) is 5.75 Å².